The molecule has 2 aromatic rings. The molecule has 0 unspecified atom stereocenters. The highest BCUT2D eigenvalue weighted by atomic mass is 32.2. The Morgan fingerprint density at radius 2 is 1.68 bits per heavy atom. The molecule has 1 fully saturated rings. The van der Waals surface area contributed by atoms with Gasteiger partial charge in [0.1, 0.15) is 6.61 Å². The lowest BCUT2D eigenvalue weighted by Gasteiger charge is -2.34. The molecule has 31 heavy (non-hydrogen) atoms. The molecule has 7 nitrogen and oxygen atoms in total. The maximum absolute atomic E-state index is 13.1. The van der Waals surface area contributed by atoms with Gasteiger partial charge in [0, 0.05) is 13.1 Å². The highest BCUT2D eigenvalue weighted by Gasteiger charge is 2.32. The van der Waals surface area contributed by atoms with Gasteiger partial charge < -0.3 is 14.2 Å². The van der Waals surface area contributed by atoms with E-state index in [0.717, 1.165) is 12.0 Å². The molecule has 168 valence electrons. The summed E-state index contributed by atoms with van der Waals surface area (Å²) in [6, 6.07) is 11.3. The summed E-state index contributed by atoms with van der Waals surface area (Å²) in [6.07, 6.45) is 1.01. The van der Waals surface area contributed by atoms with Gasteiger partial charge in [0.2, 0.25) is 10.0 Å². The number of hydrogen-bond donors (Lipinski definition) is 0. The maximum atomic E-state index is 13.1. The fraction of sp³-hybridized carbons (Fsp3) is 0.435. The molecule has 1 saturated heterocycles. The monoisotopic (exact) mass is 447 g/mol. The first-order valence-corrected chi connectivity index (χ1v) is 11.7. The van der Waals surface area contributed by atoms with Crippen LogP contribution in [0.25, 0.3) is 0 Å². The maximum Gasteiger partial charge on any atom is 0.338 e. The van der Waals surface area contributed by atoms with E-state index in [1.165, 1.54) is 23.5 Å². The van der Waals surface area contributed by atoms with E-state index in [1.807, 2.05) is 0 Å². The number of ether oxygens (including phenoxy) is 3. The molecular weight excluding hydrogens is 418 g/mol. The second-order valence-electron chi connectivity index (χ2n) is 8.06. The van der Waals surface area contributed by atoms with E-state index < -0.39 is 16.0 Å². The number of sulfonamides is 1. The van der Waals surface area contributed by atoms with Crippen molar-refractivity contribution in [3.05, 3.63) is 53.6 Å². The van der Waals surface area contributed by atoms with Crippen molar-refractivity contribution in [3.8, 4) is 11.5 Å². The number of benzene rings is 2. The summed E-state index contributed by atoms with van der Waals surface area (Å²) < 4.78 is 43.6. The summed E-state index contributed by atoms with van der Waals surface area (Å²) in [6.45, 7) is 5.11. The predicted molar refractivity (Wildman–Crippen MR) is 117 cm³/mol. The van der Waals surface area contributed by atoms with E-state index in [0.29, 0.717) is 36.4 Å². The molecule has 1 aliphatic heterocycles. The molecule has 0 spiro atoms. The minimum absolute atomic E-state index is 0.0251. The van der Waals surface area contributed by atoms with Crippen molar-refractivity contribution in [3.63, 3.8) is 0 Å². The zero-order valence-corrected chi connectivity index (χ0v) is 19.1. The van der Waals surface area contributed by atoms with E-state index in [-0.39, 0.29) is 17.1 Å². The molecule has 1 aliphatic rings. The van der Waals surface area contributed by atoms with Gasteiger partial charge >= 0.3 is 5.97 Å². The van der Waals surface area contributed by atoms with Crippen molar-refractivity contribution in [2.75, 3.05) is 27.3 Å². The number of piperidine rings is 1. The SMILES string of the molecule is COc1ccc(COC(=O)c2cccc(S(=O)(=O)N3C[C@H](C)C[C@@H](C)C3)c2)cc1OC. The molecule has 0 bridgehead atoms. The lowest BCUT2D eigenvalue weighted by molar-refractivity contribution is 0.0472. The summed E-state index contributed by atoms with van der Waals surface area (Å²) >= 11 is 0. The molecule has 8 heteroatoms. The van der Waals surface area contributed by atoms with Crippen LogP contribution in [-0.4, -0.2) is 46.0 Å². The Balaban J connectivity index is 1.73. The Hall–Kier alpha value is -2.58. The lowest BCUT2D eigenvalue weighted by Crippen LogP contribution is -2.42. The van der Waals surface area contributed by atoms with Gasteiger partial charge in [-0.25, -0.2) is 13.2 Å². The van der Waals surface area contributed by atoms with Crippen LogP contribution in [0.3, 0.4) is 0 Å². The molecule has 3 rings (SSSR count). The minimum atomic E-state index is -3.67. The Labute approximate surface area is 184 Å². The van der Waals surface area contributed by atoms with Crippen LogP contribution in [0.5, 0.6) is 11.5 Å². The quantitative estimate of drug-likeness (QED) is 0.602. The van der Waals surface area contributed by atoms with Crippen LogP contribution in [0.1, 0.15) is 36.2 Å². The van der Waals surface area contributed by atoms with Crippen molar-refractivity contribution < 1.29 is 27.4 Å². The summed E-state index contributed by atoms with van der Waals surface area (Å²) in [7, 11) is -0.596. The van der Waals surface area contributed by atoms with Gasteiger partial charge in [0.15, 0.2) is 11.5 Å². The van der Waals surface area contributed by atoms with Crippen molar-refractivity contribution in [2.24, 2.45) is 11.8 Å². The molecule has 0 radical (unpaired) electrons. The van der Waals surface area contributed by atoms with Gasteiger partial charge in [0.05, 0.1) is 24.7 Å². The number of esters is 1. The summed E-state index contributed by atoms with van der Waals surface area (Å²) in [5.74, 6) is 1.12. The number of hydrogen-bond acceptors (Lipinski definition) is 6. The topological polar surface area (TPSA) is 82.1 Å². The second-order valence-corrected chi connectivity index (χ2v) is 10.00. The molecule has 0 saturated carbocycles. The van der Waals surface area contributed by atoms with Crippen molar-refractivity contribution in [1.82, 2.24) is 4.31 Å². The molecule has 0 N–H and O–H groups in total. The van der Waals surface area contributed by atoms with Crippen LogP contribution in [-0.2, 0) is 21.4 Å². The Kier molecular flexibility index (Phi) is 7.23. The van der Waals surface area contributed by atoms with E-state index in [4.69, 9.17) is 14.2 Å². The van der Waals surface area contributed by atoms with Crippen molar-refractivity contribution >= 4 is 16.0 Å². The number of carbonyl (C=O) groups excluding carboxylic acids is 1. The van der Waals surface area contributed by atoms with Crippen LogP contribution in [0, 0.1) is 11.8 Å². The minimum Gasteiger partial charge on any atom is -0.493 e. The van der Waals surface area contributed by atoms with Crippen molar-refractivity contribution in [2.45, 2.75) is 31.8 Å². The number of rotatable bonds is 7. The summed E-state index contributed by atoms with van der Waals surface area (Å²) in [5.41, 5.74) is 0.922. The molecule has 0 aliphatic carbocycles. The van der Waals surface area contributed by atoms with Crippen LogP contribution in [0.15, 0.2) is 47.4 Å². The van der Waals surface area contributed by atoms with Crippen molar-refractivity contribution in [1.29, 1.82) is 0 Å². The zero-order chi connectivity index (χ0) is 22.6. The number of methoxy groups -OCH3 is 2. The first kappa shape index (κ1) is 23.1. The largest absolute Gasteiger partial charge is 0.493 e. The third kappa shape index (κ3) is 5.37. The van der Waals surface area contributed by atoms with Gasteiger partial charge in [-0.1, -0.05) is 26.0 Å². The van der Waals surface area contributed by atoms with Gasteiger partial charge in [-0.3, -0.25) is 0 Å². The smallest absolute Gasteiger partial charge is 0.338 e. The first-order chi connectivity index (χ1) is 14.7. The molecule has 0 amide bonds. The highest BCUT2D eigenvalue weighted by Crippen LogP contribution is 2.29. The Bertz CT molecular complexity index is 1030. The molecule has 2 aromatic carbocycles. The second kappa shape index (κ2) is 9.70. The Morgan fingerprint density at radius 1 is 1.00 bits per heavy atom. The van der Waals surface area contributed by atoms with Crippen LogP contribution in [0.4, 0.5) is 0 Å². The summed E-state index contributed by atoms with van der Waals surface area (Å²) in [4.78, 5) is 12.7. The molecule has 2 atom stereocenters. The highest BCUT2D eigenvalue weighted by molar-refractivity contribution is 7.89. The predicted octanol–water partition coefficient (Wildman–Crippen LogP) is 3.73. The van der Waals surface area contributed by atoms with E-state index in [9.17, 15) is 13.2 Å². The first-order valence-electron chi connectivity index (χ1n) is 10.2. The van der Waals surface area contributed by atoms with Gasteiger partial charge in [-0.2, -0.15) is 4.31 Å². The van der Waals surface area contributed by atoms with Crippen LogP contribution < -0.4 is 9.47 Å². The number of nitrogens with zero attached hydrogens (tertiary/aromatic N) is 1. The average Bonchev–Trinajstić information content (AvgIpc) is 2.76. The van der Waals surface area contributed by atoms with Crippen LogP contribution in [0.2, 0.25) is 0 Å². The van der Waals surface area contributed by atoms with Crippen LogP contribution >= 0.6 is 0 Å². The summed E-state index contributed by atoms with van der Waals surface area (Å²) in [5, 5.41) is 0. The third-order valence-electron chi connectivity index (χ3n) is 5.36. The number of carbonyl (C=O) groups is 1. The fourth-order valence-electron chi connectivity index (χ4n) is 3.94. The average molecular weight is 448 g/mol. The molecular formula is C23H29NO6S. The molecule has 1 heterocycles. The molecule has 0 aromatic heterocycles. The lowest BCUT2D eigenvalue weighted by atomic mass is 9.94. The van der Waals surface area contributed by atoms with E-state index >= 15 is 0 Å². The van der Waals surface area contributed by atoms with E-state index in [2.05, 4.69) is 13.8 Å². The van der Waals surface area contributed by atoms with Gasteiger partial charge in [-0.15, -0.1) is 0 Å². The van der Waals surface area contributed by atoms with Gasteiger partial charge in [-0.05, 0) is 54.2 Å². The fourth-order valence-corrected chi connectivity index (χ4v) is 5.66. The zero-order valence-electron chi connectivity index (χ0n) is 18.3. The Morgan fingerprint density at radius 3 is 2.32 bits per heavy atom. The van der Waals surface area contributed by atoms with E-state index in [1.54, 1.807) is 37.4 Å². The van der Waals surface area contributed by atoms with Gasteiger partial charge in [0.25, 0.3) is 0 Å². The normalized spacial score (nSPS) is 19.6. The third-order valence-corrected chi connectivity index (χ3v) is 7.19. The standard InChI is InChI=1S/C23H29NO6S/c1-16-10-17(2)14-24(13-16)31(26,27)20-7-5-6-19(12-20)23(25)30-15-18-8-9-21(28-3)22(11-18)29-4/h5-9,11-12,16-17H,10,13-15H2,1-4H3/t16-,17-/m1/s1.